The van der Waals surface area contributed by atoms with Gasteiger partial charge in [0.1, 0.15) is 18.1 Å². The van der Waals surface area contributed by atoms with Crippen LogP contribution in [0.4, 0.5) is 10.1 Å². The van der Waals surface area contributed by atoms with Gasteiger partial charge >= 0.3 is 0 Å². The van der Waals surface area contributed by atoms with Gasteiger partial charge in [-0.1, -0.05) is 32.1 Å². The molecular formula is C24H31FN2O4S. The molecule has 0 radical (unpaired) electrons. The van der Waals surface area contributed by atoms with Crippen molar-refractivity contribution in [1.82, 2.24) is 5.32 Å². The molecule has 0 aliphatic heterocycles. The Morgan fingerprint density at radius 1 is 1.00 bits per heavy atom. The number of nitrogens with one attached hydrogen (secondary N) is 1. The zero-order valence-corrected chi connectivity index (χ0v) is 19.2. The van der Waals surface area contributed by atoms with Crippen LogP contribution < -0.4 is 14.4 Å². The predicted molar refractivity (Wildman–Crippen MR) is 123 cm³/mol. The number of nitrogens with zero attached hydrogens (tertiary/aromatic N) is 1. The summed E-state index contributed by atoms with van der Waals surface area (Å²) in [6.45, 7) is 1.99. The van der Waals surface area contributed by atoms with Crippen molar-refractivity contribution in [1.29, 1.82) is 0 Å². The quantitative estimate of drug-likeness (QED) is 0.620. The number of sulfonamides is 1. The van der Waals surface area contributed by atoms with Crippen LogP contribution in [-0.2, 0) is 14.8 Å². The maximum absolute atomic E-state index is 13.4. The van der Waals surface area contributed by atoms with Crippen molar-refractivity contribution < 1.29 is 22.3 Å². The van der Waals surface area contributed by atoms with E-state index >= 15 is 0 Å². The maximum Gasteiger partial charge on any atom is 0.264 e. The van der Waals surface area contributed by atoms with Gasteiger partial charge < -0.3 is 10.1 Å². The molecule has 1 N–H and O–H groups in total. The first-order valence-corrected chi connectivity index (χ1v) is 12.6. The Morgan fingerprint density at radius 3 is 2.19 bits per heavy atom. The number of rotatable bonds is 8. The molecule has 0 unspecified atom stereocenters. The third-order valence-electron chi connectivity index (χ3n) is 5.59. The van der Waals surface area contributed by atoms with Crippen LogP contribution in [0.15, 0.2) is 53.4 Å². The molecule has 2 aromatic rings. The standard InChI is InChI=1S/C24H31FN2O4S/c1-2-31-22-14-12-21(13-15-22)27(32(29,30)23-16-10-19(25)11-17-23)18-24(28)26-20-8-6-4-3-5-7-9-20/h10-17,20H,2-9,18H2,1H3,(H,26,28). The molecule has 174 valence electrons. The van der Waals surface area contributed by atoms with Crippen molar-refractivity contribution in [2.75, 3.05) is 17.5 Å². The highest BCUT2D eigenvalue weighted by Crippen LogP contribution is 2.26. The predicted octanol–water partition coefficient (Wildman–Crippen LogP) is 4.65. The highest BCUT2D eigenvalue weighted by molar-refractivity contribution is 7.92. The third kappa shape index (κ3) is 6.45. The SMILES string of the molecule is CCOc1ccc(N(CC(=O)NC2CCCCCCC2)S(=O)(=O)c2ccc(F)cc2)cc1. The Bertz CT molecular complexity index is 970. The fraction of sp³-hybridized carbons (Fsp3) is 0.458. The number of amides is 1. The molecule has 0 spiro atoms. The van der Waals surface area contributed by atoms with Gasteiger partial charge in [0.05, 0.1) is 17.2 Å². The van der Waals surface area contributed by atoms with Gasteiger partial charge in [0.2, 0.25) is 5.91 Å². The number of anilines is 1. The molecule has 1 aliphatic carbocycles. The largest absolute Gasteiger partial charge is 0.494 e. The summed E-state index contributed by atoms with van der Waals surface area (Å²) in [5.41, 5.74) is 0.339. The minimum absolute atomic E-state index is 0.0542. The van der Waals surface area contributed by atoms with Crippen molar-refractivity contribution in [2.45, 2.75) is 62.8 Å². The van der Waals surface area contributed by atoms with E-state index in [-0.39, 0.29) is 23.4 Å². The minimum Gasteiger partial charge on any atom is -0.494 e. The lowest BCUT2D eigenvalue weighted by molar-refractivity contribution is -0.120. The highest BCUT2D eigenvalue weighted by atomic mass is 32.2. The molecule has 0 heterocycles. The van der Waals surface area contributed by atoms with Crippen LogP contribution in [0.2, 0.25) is 0 Å². The van der Waals surface area contributed by atoms with Crippen molar-refractivity contribution in [2.24, 2.45) is 0 Å². The first-order chi connectivity index (χ1) is 15.4. The summed E-state index contributed by atoms with van der Waals surface area (Å²) in [6, 6.07) is 11.2. The monoisotopic (exact) mass is 462 g/mol. The van der Waals surface area contributed by atoms with Crippen LogP contribution >= 0.6 is 0 Å². The molecule has 1 amide bonds. The zero-order valence-electron chi connectivity index (χ0n) is 18.4. The van der Waals surface area contributed by atoms with Crippen molar-refractivity contribution >= 4 is 21.6 Å². The van der Waals surface area contributed by atoms with E-state index in [1.165, 1.54) is 18.6 Å². The van der Waals surface area contributed by atoms with Gasteiger partial charge in [-0.25, -0.2) is 12.8 Å². The smallest absolute Gasteiger partial charge is 0.264 e. The second-order valence-corrected chi connectivity index (χ2v) is 9.86. The van der Waals surface area contributed by atoms with Gasteiger partial charge in [-0.3, -0.25) is 9.10 Å². The number of carbonyl (C=O) groups excluding carboxylic acids is 1. The summed E-state index contributed by atoms with van der Waals surface area (Å²) >= 11 is 0. The number of halogens is 1. The Kier molecular flexibility index (Phi) is 8.50. The molecule has 0 atom stereocenters. The molecule has 32 heavy (non-hydrogen) atoms. The normalized spacial score (nSPS) is 15.4. The van der Waals surface area contributed by atoms with E-state index in [9.17, 15) is 17.6 Å². The van der Waals surface area contributed by atoms with Gasteiger partial charge in [-0.05, 0) is 68.3 Å². The third-order valence-corrected chi connectivity index (χ3v) is 7.38. The number of ether oxygens (including phenoxy) is 1. The summed E-state index contributed by atoms with van der Waals surface area (Å²) < 4.78 is 46.6. The van der Waals surface area contributed by atoms with Crippen LogP contribution in [0.1, 0.15) is 51.9 Å². The lowest BCUT2D eigenvalue weighted by Crippen LogP contribution is -2.44. The lowest BCUT2D eigenvalue weighted by atomic mass is 9.97. The van der Waals surface area contributed by atoms with E-state index in [1.807, 2.05) is 6.92 Å². The average molecular weight is 463 g/mol. The molecule has 1 aliphatic rings. The van der Waals surface area contributed by atoms with E-state index in [1.54, 1.807) is 24.3 Å². The first-order valence-electron chi connectivity index (χ1n) is 11.2. The molecule has 0 bridgehead atoms. The minimum atomic E-state index is -4.08. The van der Waals surface area contributed by atoms with Crippen molar-refractivity contribution in [3.8, 4) is 5.75 Å². The van der Waals surface area contributed by atoms with Gasteiger partial charge in [-0.15, -0.1) is 0 Å². The fourth-order valence-corrected chi connectivity index (χ4v) is 5.35. The van der Waals surface area contributed by atoms with E-state index in [0.717, 1.165) is 55.0 Å². The number of carbonyl (C=O) groups is 1. The highest BCUT2D eigenvalue weighted by Gasteiger charge is 2.28. The number of hydrogen-bond acceptors (Lipinski definition) is 4. The van der Waals surface area contributed by atoms with Crippen LogP contribution in [-0.4, -0.2) is 33.5 Å². The summed E-state index contributed by atoms with van der Waals surface area (Å²) in [4.78, 5) is 12.8. The number of hydrogen-bond donors (Lipinski definition) is 1. The van der Waals surface area contributed by atoms with Crippen molar-refractivity contribution in [3.63, 3.8) is 0 Å². The topological polar surface area (TPSA) is 75.7 Å². The zero-order chi connectivity index (χ0) is 23.0. The summed E-state index contributed by atoms with van der Waals surface area (Å²) in [5, 5.41) is 3.02. The maximum atomic E-state index is 13.4. The average Bonchev–Trinajstić information content (AvgIpc) is 2.75. The molecule has 0 saturated heterocycles. The van der Waals surface area contributed by atoms with E-state index in [2.05, 4.69) is 5.32 Å². The molecule has 8 heteroatoms. The molecule has 3 rings (SSSR count). The fourth-order valence-electron chi connectivity index (χ4n) is 3.93. The van der Waals surface area contributed by atoms with Gasteiger partial charge in [-0.2, -0.15) is 0 Å². The first kappa shape index (κ1) is 24.0. The molecule has 1 fully saturated rings. The Balaban J connectivity index is 1.84. The number of benzene rings is 2. The second-order valence-electron chi connectivity index (χ2n) is 8.00. The van der Waals surface area contributed by atoms with Crippen LogP contribution in [0.3, 0.4) is 0 Å². The molecule has 1 saturated carbocycles. The summed E-state index contributed by atoms with van der Waals surface area (Å²) in [6.07, 6.45) is 7.46. The van der Waals surface area contributed by atoms with Crippen LogP contribution in [0.5, 0.6) is 5.75 Å². The van der Waals surface area contributed by atoms with Crippen LogP contribution in [0.25, 0.3) is 0 Å². The van der Waals surface area contributed by atoms with Gasteiger partial charge in [0.15, 0.2) is 0 Å². The van der Waals surface area contributed by atoms with E-state index in [4.69, 9.17) is 4.74 Å². The Hall–Kier alpha value is -2.61. The molecular weight excluding hydrogens is 431 g/mol. The van der Waals surface area contributed by atoms with E-state index < -0.39 is 15.8 Å². The Labute approximate surface area is 189 Å². The molecule has 6 nitrogen and oxygen atoms in total. The Morgan fingerprint density at radius 2 is 1.59 bits per heavy atom. The van der Waals surface area contributed by atoms with Gasteiger partial charge in [0, 0.05) is 6.04 Å². The lowest BCUT2D eigenvalue weighted by Gasteiger charge is -2.26. The van der Waals surface area contributed by atoms with Crippen molar-refractivity contribution in [3.05, 3.63) is 54.3 Å². The van der Waals surface area contributed by atoms with E-state index in [0.29, 0.717) is 18.0 Å². The molecule has 0 aromatic heterocycles. The second kappa shape index (κ2) is 11.3. The summed E-state index contributed by atoms with van der Waals surface area (Å²) in [5.74, 6) is -0.275. The van der Waals surface area contributed by atoms with Crippen LogP contribution in [0, 0.1) is 5.82 Å². The molecule has 2 aromatic carbocycles. The summed E-state index contributed by atoms with van der Waals surface area (Å²) in [7, 11) is -4.08. The van der Waals surface area contributed by atoms with Gasteiger partial charge in [0.25, 0.3) is 10.0 Å².